The summed E-state index contributed by atoms with van der Waals surface area (Å²) in [4.78, 5) is 50.5. The highest BCUT2D eigenvalue weighted by atomic mass is 35.5. The van der Waals surface area contributed by atoms with Crippen LogP contribution in [-0.4, -0.2) is 145 Å². The number of aromatic nitrogens is 6. The number of aryl methyl sites for hydroxylation is 4. The molecule has 3 saturated heterocycles. The molecule has 2 unspecified atom stereocenters. The number of nitrogens with zero attached hydrogens (tertiary/aromatic N) is 10. The molecule has 9 aromatic carbocycles. The van der Waals surface area contributed by atoms with Crippen molar-refractivity contribution in [3.05, 3.63) is 242 Å². The largest absolute Gasteiger partial charge is 0.486 e. The van der Waals surface area contributed by atoms with Crippen molar-refractivity contribution in [2.45, 2.75) is 137 Å². The van der Waals surface area contributed by atoms with Crippen LogP contribution in [0.2, 0.25) is 10.0 Å². The van der Waals surface area contributed by atoms with Crippen molar-refractivity contribution in [2.75, 3.05) is 81.6 Å². The van der Waals surface area contributed by atoms with Crippen molar-refractivity contribution in [1.29, 1.82) is 0 Å². The Kier molecular flexibility index (Phi) is 23.1. The minimum atomic E-state index is 0.141. The summed E-state index contributed by atoms with van der Waals surface area (Å²) in [6.07, 6.45) is 7.29. The molecule has 0 spiro atoms. The number of nitrogens with one attached hydrogen (secondary N) is 3. The molecule has 9 heterocycles. The van der Waals surface area contributed by atoms with Gasteiger partial charge in [-0.25, -0.2) is 29.9 Å². The molecule has 112 heavy (non-hydrogen) atoms. The normalized spacial score (nSPS) is 17.4. The van der Waals surface area contributed by atoms with Crippen molar-refractivity contribution in [2.24, 2.45) is 0 Å². The van der Waals surface area contributed by atoms with E-state index in [4.69, 9.17) is 72.1 Å². The minimum absolute atomic E-state index is 0.141. The van der Waals surface area contributed by atoms with E-state index in [0.717, 1.165) is 215 Å². The van der Waals surface area contributed by atoms with Crippen molar-refractivity contribution in [1.82, 2.24) is 49.5 Å². The van der Waals surface area contributed by atoms with Crippen LogP contribution in [0.1, 0.15) is 103 Å². The number of hydrogen-bond donors (Lipinski definition) is 3. The number of ether oxygens (including phenoxy) is 4. The zero-order valence-corrected chi connectivity index (χ0v) is 66.3. The first-order chi connectivity index (χ1) is 54.6. The van der Waals surface area contributed by atoms with Crippen molar-refractivity contribution in [3.8, 4) is 56.4 Å². The summed E-state index contributed by atoms with van der Waals surface area (Å²) < 4.78 is 23.4. The molecular weight excluding hydrogens is 1440 g/mol. The lowest BCUT2D eigenvalue weighted by Gasteiger charge is -2.38. The minimum Gasteiger partial charge on any atom is -0.486 e. The van der Waals surface area contributed by atoms with Gasteiger partial charge in [0.2, 0.25) is 23.8 Å². The highest BCUT2D eigenvalue weighted by Crippen LogP contribution is 2.43. The molecule has 20 heteroatoms. The van der Waals surface area contributed by atoms with E-state index in [-0.39, 0.29) is 5.91 Å². The Morgan fingerprint density at radius 1 is 0.446 bits per heavy atom. The molecule has 574 valence electrons. The predicted molar refractivity (Wildman–Crippen MR) is 450 cm³/mol. The number of carbonyl (C=O) groups excluding carboxylic acids is 1. The molecular formula is C92H97Cl2N13O5. The lowest BCUT2D eigenvalue weighted by atomic mass is 9.90. The van der Waals surface area contributed by atoms with E-state index in [1.165, 1.54) is 44.5 Å². The number of anilines is 3. The number of benzene rings is 9. The zero-order chi connectivity index (χ0) is 76.8. The van der Waals surface area contributed by atoms with Crippen LogP contribution < -0.4 is 34.9 Å². The van der Waals surface area contributed by atoms with E-state index in [2.05, 4.69) is 192 Å². The molecule has 6 aliphatic heterocycles. The van der Waals surface area contributed by atoms with Gasteiger partial charge in [0.25, 0.3) is 0 Å². The molecule has 0 aliphatic carbocycles. The van der Waals surface area contributed by atoms with Crippen LogP contribution in [-0.2, 0) is 37.4 Å². The average molecular weight is 1540 g/mol. The molecule has 0 bridgehead atoms. The van der Waals surface area contributed by atoms with Gasteiger partial charge >= 0.3 is 0 Å². The van der Waals surface area contributed by atoms with Crippen LogP contribution >= 0.6 is 23.2 Å². The molecule has 18 nitrogen and oxygen atoms in total. The molecule has 0 saturated carbocycles. The van der Waals surface area contributed by atoms with Gasteiger partial charge in [0.1, 0.15) is 26.4 Å². The zero-order valence-electron chi connectivity index (χ0n) is 64.7. The standard InChI is InChI=1S/C33H37N5O.C30H31ClN4O2.C29H29ClN4O2/c1-22-7-9-25(10-8-22)20-37-16-13-28(14-17-37)35-33-34-23(2)31-19-26(11-12-32(31)36-33)29-6-4-5-27-21-38(24(3)39)18-15-30(27)29;1-19-16-24(12-13-35(19)18-21-6-9-23(31)10-7-21)33-30-32-20(2)26-17-22(8-11-27(26)34-30)25-4-3-5-28-29(25)37-15-14-36-28;1-19-25-17-21(24-3-2-4-27-28(24)36-16-15-35-27)7-10-26(25)33-29(31-19)32-23-11-13-34(14-12-23)18-20-5-8-22(30)9-6-20/h4-12,19,28H,13-18,20-21H2,1-3H3,(H,34,35,36);3-11,17,19,24H,12-16,18H2,1-2H3,(H,32,33,34);2-10,17,23H,11-16,18H2,1H3,(H,31,32,33). The van der Waals surface area contributed by atoms with Crippen LogP contribution in [0, 0.1) is 27.7 Å². The molecule has 6 aliphatic rings. The van der Waals surface area contributed by atoms with Crippen LogP contribution in [0.25, 0.3) is 66.1 Å². The quantitative estimate of drug-likeness (QED) is 0.0881. The van der Waals surface area contributed by atoms with E-state index in [1.807, 2.05) is 60.4 Å². The maximum Gasteiger partial charge on any atom is 0.223 e. The fraction of sp³-hybridized carbons (Fsp3) is 0.337. The average Bonchev–Trinajstić information content (AvgIpc) is 0.782. The van der Waals surface area contributed by atoms with E-state index >= 15 is 0 Å². The van der Waals surface area contributed by atoms with Crippen molar-refractivity contribution in [3.63, 3.8) is 0 Å². The fourth-order valence-corrected chi connectivity index (χ4v) is 16.8. The second-order valence-electron chi connectivity index (χ2n) is 30.7. The molecule has 2 atom stereocenters. The second-order valence-corrected chi connectivity index (χ2v) is 31.6. The first-order valence-corrected chi connectivity index (χ1v) is 40.4. The number of carbonyl (C=O) groups is 1. The highest BCUT2D eigenvalue weighted by Gasteiger charge is 2.29. The number of halogens is 2. The topological polar surface area (TPSA) is 180 Å². The Labute approximate surface area is 666 Å². The van der Waals surface area contributed by atoms with Gasteiger partial charge in [-0.15, -0.1) is 0 Å². The maximum atomic E-state index is 11.9. The molecule has 3 N–H and O–H groups in total. The van der Waals surface area contributed by atoms with E-state index < -0.39 is 0 Å². The summed E-state index contributed by atoms with van der Waals surface area (Å²) >= 11 is 12.1. The third-order valence-corrected chi connectivity index (χ3v) is 23.3. The van der Waals surface area contributed by atoms with Gasteiger partial charge in [-0.1, -0.05) is 138 Å². The van der Waals surface area contributed by atoms with Gasteiger partial charge in [0, 0.05) is 134 Å². The van der Waals surface area contributed by atoms with E-state index in [9.17, 15) is 4.79 Å². The maximum absolute atomic E-state index is 11.9. The Hall–Kier alpha value is -10.5. The van der Waals surface area contributed by atoms with Gasteiger partial charge in [-0.2, -0.15) is 0 Å². The summed E-state index contributed by atoms with van der Waals surface area (Å²) in [5.74, 6) is 5.49. The van der Waals surface area contributed by atoms with E-state index in [0.29, 0.717) is 69.0 Å². The summed E-state index contributed by atoms with van der Waals surface area (Å²) in [6, 6.07) is 64.4. The summed E-state index contributed by atoms with van der Waals surface area (Å²) in [5.41, 5.74) is 20.3. The van der Waals surface area contributed by atoms with Gasteiger partial charge in [-0.3, -0.25) is 19.5 Å². The Balaban J connectivity index is 0.000000127. The van der Waals surface area contributed by atoms with Crippen LogP contribution in [0.3, 0.4) is 0 Å². The molecule has 18 rings (SSSR count). The molecule has 0 radical (unpaired) electrons. The number of para-hydroxylation sites is 2. The number of hydrogen-bond acceptors (Lipinski definition) is 17. The smallest absolute Gasteiger partial charge is 0.223 e. The van der Waals surface area contributed by atoms with Crippen LogP contribution in [0.5, 0.6) is 23.0 Å². The second kappa shape index (κ2) is 34.2. The summed E-state index contributed by atoms with van der Waals surface area (Å²) in [7, 11) is 0. The number of piperidine rings is 3. The fourth-order valence-electron chi connectivity index (χ4n) is 16.5. The summed E-state index contributed by atoms with van der Waals surface area (Å²) in [6.45, 7) is 24.2. The van der Waals surface area contributed by atoms with Gasteiger partial charge in [-0.05, 0) is 202 Å². The molecule has 12 aromatic rings. The molecule has 3 fully saturated rings. The van der Waals surface area contributed by atoms with Crippen molar-refractivity contribution >= 4 is 79.7 Å². The monoisotopic (exact) mass is 1530 g/mol. The first-order valence-electron chi connectivity index (χ1n) is 39.6. The SMILES string of the molecule is CC(=O)N1CCc2c(cccc2-c2ccc3nc(NC4CCN(Cc5ccc(C)cc5)CC4)nc(C)c3c2)C1.Cc1nc(NC2CCN(Cc3ccc(Cl)cc3)C(C)C2)nc2ccc(-c3cccc4c3OCCO4)cc12.Cc1nc(NC2CCN(Cc3ccc(Cl)cc3)CC2)nc2ccc(-c3cccc4c3OCCO4)cc12. The number of rotatable bonds is 15. The van der Waals surface area contributed by atoms with Crippen molar-refractivity contribution < 1.29 is 23.7 Å². The highest BCUT2D eigenvalue weighted by molar-refractivity contribution is 6.30. The van der Waals surface area contributed by atoms with Crippen LogP contribution in [0.4, 0.5) is 17.8 Å². The first kappa shape index (κ1) is 75.6. The number of amides is 1. The number of likely N-dealkylation sites (tertiary alicyclic amines) is 3. The summed E-state index contributed by atoms with van der Waals surface area (Å²) in [5, 5.41) is 15.6. The van der Waals surface area contributed by atoms with Gasteiger partial charge in [0.15, 0.2) is 23.0 Å². The Morgan fingerprint density at radius 2 is 0.857 bits per heavy atom. The van der Waals surface area contributed by atoms with Gasteiger partial charge in [0.05, 0.1) is 33.6 Å². The Morgan fingerprint density at radius 3 is 1.32 bits per heavy atom. The predicted octanol–water partition coefficient (Wildman–Crippen LogP) is 18.5. The van der Waals surface area contributed by atoms with Crippen LogP contribution in [0.15, 0.2) is 182 Å². The third kappa shape index (κ3) is 17.9. The Bertz CT molecular complexity index is 5370. The molecule has 1 amide bonds. The van der Waals surface area contributed by atoms with Gasteiger partial charge < -0.3 is 39.8 Å². The lowest BCUT2D eigenvalue weighted by molar-refractivity contribution is -0.129. The molecule has 3 aromatic heterocycles. The lowest BCUT2D eigenvalue weighted by Crippen LogP contribution is -2.44. The number of fused-ring (bicyclic) bond motifs is 6. The third-order valence-electron chi connectivity index (χ3n) is 22.8. The van der Waals surface area contributed by atoms with E-state index in [1.54, 1.807) is 6.92 Å².